The number of aryl methyl sites for hydroxylation is 1. The minimum atomic E-state index is 1.15. The maximum Gasteiger partial charge on any atom is 0.0399 e. The normalized spacial score (nSPS) is 16.6. The van der Waals surface area contributed by atoms with Gasteiger partial charge in [-0.3, -0.25) is 4.90 Å². The minimum absolute atomic E-state index is 1.15. The predicted molar refractivity (Wildman–Crippen MR) is 92.2 cm³/mol. The molecule has 0 aliphatic carbocycles. The van der Waals surface area contributed by atoms with Crippen LogP contribution < -0.4 is 4.90 Å². The summed E-state index contributed by atoms with van der Waals surface area (Å²) in [6.45, 7) is 10.5. The molecule has 1 aliphatic heterocycles. The van der Waals surface area contributed by atoms with Crippen molar-refractivity contribution in [3.63, 3.8) is 0 Å². The Morgan fingerprint density at radius 1 is 1.00 bits per heavy atom. The average Bonchev–Trinajstić information content (AvgIpc) is 2.47. The van der Waals surface area contributed by atoms with Gasteiger partial charge in [-0.25, -0.2) is 0 Å². The van der Waals surface area contributed by atoms with E-state index in [-0.39, 0.29) is 0 Å². The smallest absolute Gasteiger partial charge is 0.0399 e. The maximum atomic E-state index is 3.50. The largest absolute Gasteiger partial charge is 0.369 e. The molecule has 0 atom stereocenters. The molecule has 0 bridgehead atoms. The van der Waals surface area contributed by atoms with Crippen molar-refractivity contribution in [3.05, 3.63) is 29.3 Å². The van der Waals surface area contributed by atoms with Crippen molar-refractivity contribution in [2.75, 3.05) is 43.0 Å². The average molecular weight is 339 g/mol. The van der Waals surface area contributed by atoms with Gasteiger partial charge >= 0.3 is 0 Å². The lowest BCUT2D eigenvalue weighted by molar-refractivity contribution is 0.252. The Morgan fingerprint density at radius 3 is 2.45 bits per heavy atom. The van der Waals surface area contributed by atoms with E-state index in [1.165, 1.54) is 68.8 Å². The number of hydrogen-bond donors (Lipinski definition) is 0. The molecule has 1 aliphatic rings. The maximum absolute atomic E-state index is 3.50. The second-order valence-corrected chi connectivity index (χ2v) is 6.59. The van der Waals surface area contributed by atoms with E-state index in [9.17, 15) is 0 Å². The Labute approximate surface area is 132 Å². The monoisotopic (exact) mass is 338 g/mol. The molecule has 0 radical (unpaired) electrons. The van der Waals surface area contributed by atoms with Gasteiger partial charge in [0.05, 0.1) is 0 Å². The van der Waals surface area contributed by atoms with Crippen LogP contribution in [0.3, 0.4) is 0 Å². The molecule has 1 aromatic rings. The van der Waals surface area contributed by atoms with Gasteiger partial charge in [-0.2, -0.15) is 0 Å². The van der Waals surface area contributed by atoms with Crippen LogP contribution in [0.15, 0.2) is 18.2 Å². The molecular formula is C17H27BrN2. The van der Waals surface area contributed by atoms with E-state index in [2.05, 4.69) is 57.8 Å². The lowest BCUT2D eigenvalue weighted by atomic mass is 10.1. The third-order valence-corrected chi connectivity index (χ3v) is 4.96. The van der Waals surface area contributed by atoms with E-state index in [4.69, 9.17) is 0 Å². The summed E-state index contributed by atoms with van der Waals surface area (Å²) in [5.74, 6) is 0. The third kappa shape index (κ3) is 4.23. The van der Waals surface area contributed by atoms with E-state index in [1.54, 1.807) is 0 Å². The highest BCUT2D eigenvalue weighted by Gasteiger charge is 2.18. The Bertz CT molecular complexity index is 411. The molecule has 1 saturated heterocycles. The number of benzene rings is 1. The van der Waals surface area contributed by atoms with Crippen LogP contribution in [-0.4, -0.2) is 43.0 Å². The second kappa shape index (κ2) is 8.04. The molecule has 0 saturated carbocycles. The van der Waals surface area contributed by atoms with Crippen LogP contribution in [0.1, 0.15) is 30.4 Å². The first-order chi connectivity index (χ1) is 9.72. The zero-order valence-corrected chi connectivity index (χ0v) is 14.5. The topological polar surface area (TPSA) is 6.48 Å². The predicted octanol–water partition coefficient (Wildman–Crippen LogP) is 3.99. The highest BCUT2D eigenvalue weighted by molar-refractivity contribution is 9.09. The lowest BCUT2D eigenvalue weighted by Gasteiger charge is -2.37. The SMILES string of the molecule is Cc1cccc(N2CCN(CCCCCBr)CC2)c1C. The highest BCUT2D eigenvalue weighted by atomic mass is 79.9. The van der Waals surface area contributed by atoms with Gasteiger partial charge in [-0.1, -0.05) is 34.5 Å². The third-order valence-electron chi connectivity index (χ3n) is 4.40. The molecule has 1 fully saturated rings. The zero-order valence-electron chi connectivity index (χ0n) is 12.9. The number of nitrogens with zero attached hydrogens (tertiary/aromatic N) is 2. The first-order valence-corrected chi connectivity index (χ1v) is 8.94. The van der Waals surface area contributed by atoms with Crippen LogP contribution in [-0.2, 0) is 0 Å². The van der Waals surface area contributed by atoms with E-state index >= 15 is 0 Å². The van der Waals surface area contributed by atoms with Gasteiger partial charge in [0.25, 0.3) is 0 Å². The standard InChI is InChI=1S/C17H27BrN2/c1-15-7-6-8-17(16(15)2)20-13-11-19(12-14-20)10-5-3-4-9-18/h6-8H,3-5,9-14H2,1-2H3. The summed E-state index contributed by atoms with van der Waals surface area (Å²) >= 11 is 3.50. The molecular weight excluding hydrogens is 312 g/mol. The summed E-state index contributed by atoms with van der Waals surface area (Å²) in [4.78, 5) is 5.17. The molecule has 0 spiro atoms. The number of alkyl halides is 1. The minimum Gasteiger partial charge on any atom is -0.369 e. The Balaban J connectivity index is 1.80. The van der Waals surface area contributed by atoms with Gasteiger partial charge in [0.15, 0.2) is 0 Å². The van der Waals surface area contributed by atoms with Gasteiger partial charge < -0.3 is 4.90 Å². The van der Waals surface area contributed by atoms with E-state index in [0.717, 1.165) is 5.33 Å². The molecule has 0 amide bonds. The van der Waals surface area contributed by atoms with Crippen LogP contribution in [0, 0.1) is 13.8 Å². The molecule has 0 unspecified atom stereocenters. The Morgan fingerprint density at radius 2 is 1.75 bits per heavy atom. The fourth-order valence-electron chi connectivity index (χ4n) is 2.90. The molecule has 0 aromatic heterocycles. The van der Waals surface area contributed by atoms with Crippen molar-refractivity contribution in [2.24, 2.45) is 0 Å². The van der Waals surface area contributed by atoms with Crippen molar-refractivity contribution >= 4 is 21.6 Å². The number of anilines is 1. The highest BCUT2D eigenvalue weighted by Crippen LogP contribution is 2.23. The van der Waals surface area contributed by atoms with Crippen molar-refractivity contribution in [1.29, 1.82) is 0 Å². The Hall–Kier alpha value is -0.540. The molecule has 1 aromatic carbocycles. The molecule has 20 heavy (non-hydrogen) atoms. The van der Waals surface area contributed by atoms with E-state index in [0.29, 0.717) is 0 Å². The molecule has 0 N–H and O–H groups in total. The quantitative estimate of drug-likeness (QED) is 0.571. The number of unbranched alkanes of at least 4 members (excludes halogenated alkanes) is 2. The fourth-order valence-corrected chi connectivity index (χ4v) is 3.29. The van der Waals surface area contributed by atoms with Crippen molar-refractivity contribution in [3.8, 4) is 0 Å². The van der Waals surface area contributed by atoms with E-state index in [1.807, 2.05) is 0 Å². The second-order valence-electron chi connectivity index (χ2n) is 5.80. The van der Waals surface area contributed by atoms with Crippen molar-refractivity contribution in [2.45, 2.75) is 33.1 Å². The van der Waals surface area contributed by atoms with E-state index < -0.39 is 0 Å². The summed E-state index contributed by atoms with van der Waals surface area (Å²) in [6.07, 6.45) is 4.00. The van der Waals surface area contributed by atoms with Crippen molar-refractivity contribution < 1.29 is 0 Å². The first kappa shape index (κ1) is 15.8. The molecule has 3 heteroatoms. The summed E-state index contributed by atoms with van der Waals surface area (Å²) in [6, 6.07) is 6.66. The van der Waals surface area contributed by atoms with Crippen molar-refractivity contribution in [1.82, 2.24) is 4.90 Å². The molecule has 112 valence electrons. The van der Waals surface area contributed by atoms with Crippen LogP contribution in [0.25, 0.3) is 0 Å². The number of piperazine rings is 1. The van der Waals surface area contributed by atoms with Gasteiger partial charge in [-0.15, -0.1) is 0 Å². The summed E-state index contributed by atoms with van der Waals surface area (Å²) in [7, 11) is 0. The first-order valence-electron chi connectivity index (χ1n) is 7.82. The summed E-state index contributed by atoms with van der Waals surface area (Å²) in [5.41, 5.74) is 4.28. The zero-order chi connectivity index (χ0) is 14.4. The number of rotatable bonds is 6. The summed E-state index contributed by atoms with van der Waals surface area (Å²) < 4.78 is 0. The van der Waals surface area contributed by atoms with Gasteiger partial charge in [-0.05, 0) is 50.4 Å². The van der Waals surface area contributed by atoms with Crippen LogP contribution in [0.2, 0.25) is 0 Å². The number of halogens is 1. The molecule has 2 rings (SSSR count). The summed E-state index contributed by atoms with van der Waals surface area (Å²) in [5, 5.41) is 1.15. The van der Waals surface area contributed by atoms with Crippen LogP contribution in [0.5, 0.6) is 0 Å². The number of hydrogen-bond acceptors (Lipinski definition) is 2. The van der Waals surface area contributed by atoms with Crippen LogP contribution >= 0.6 is 15.9 Å². The van der Waals surface area contributed by atoms with Gasteiger partial charge in [0.2, 0.25) is 0 Å². The van der Waals surface area contributed by atoms with Gasteiger partial charge in [0.1, 0.15) is 0 Å². The fraction of sp³-hybridized carbons (Fsp3) is 0.647. The molecule has 2 nitrogen and oxygen atoms in total. The lowest BCUT2D eigenvalue weighted by Crippen LogP contribution is -2.46. The molecule has 1 heterocycles. The van der Waals surface area contributed by atoms with Crippen LogP contribution in [0.4, 0.5) is 5.69 Å². The Kier molecular flexibility index (Phi) is 6.37. The van der Waals surface area contributed by atoms with Gasteiger partial charge in [0, 0.05) is 37.2 Å².